The van der Waals surface area contributed by atoms with Gasteiger partial charge in [-0.3, -0.25) is 14.6 Å². The predicted octanol–water partition coefficient (Wildman–Crippen LogP) is 6.16. The minimum atomic E-state index is -4.71. The fourth-order valence-electron chi connectivity index (χ4n) is 6.45. The molecular formula is C31H37F3N4O2. The second-order valence-electron chi connectivity index (χ2n) is 10.9. The molecule has 2 aliphatic rings. The van der Waals surface area contributed by atoms with Crippen molar-refractivity contribution >= 4 is 11.8 Å². The van der Waals surface area contributed by atoms with Gasteiger partial charge in [-0.25, -0.2) is 0 Å². The zero-order valence-electron chi connectivity index (χ0n) is 23.2. The van der Waals surface area contributed by atoms with Gasteiger partial charge in [0, 0.05) is 31.9 Å². The highest BCUT2D eigenvalue weighted by molar-refractivity contribution is 5.95. The van der Waals surface area contributed by atoms with Gasteiger partial charge in [0.1, 0.15) is 5.69 Å². The van der Waals surface area contributed by atoms with Gasteiger partial charge in [-0.2, -0.15) is 18.4 Å². The number of aromatic nitrogens is 1. The largest absolute Gasteiger partial charge is 0.418 e. The SMILES string of the molecule is CCCc1ccccc1C1(C#N)CCN(C(=O)C2CCCN(C(=O)c3ncccc3C(F)(F)F)C2CCC)CC1. The van der Waals surface area contributed by atoms with Crippen LogP contribution in [-0.4, -0.2) is 52.3 Å². The average Bonchev–Trinajstić information content (AvgIpc) is 2.97. The molecule has 214 valence electrons. The first-order chi connectivity index (χ1) is 19.2. The van der Waals surface area contributed by atoms with Crippen molar-refractivity contribution in [1.82, 2.24) is 14.8 Å². The third-order valence-corrected chi connectivity index (χ3v) is 8.45. The Bertz CT molecular complexity index is 1250. The number of aryl methyl sites for hydroxylation is 1. The van der Waals surface area contributed by atoms with E-state index in [4.69, 9.17) is 0 Å². The van der Waals surface area contributed by atoms with Crippen molar-refractivity contribution in [3.05, 3.63) is 65.0 Å². The van der Waals surface area contributed by atoms with Crippen LogP contribution in [0.15, 0.2) is 42.6 Å². The zero-order valence-corrected chi connectivity index (χ0v) is 23.2. The second kappa shape index (κ2) is 12.4. The molecule has 0 aliphatic carbocycles. The summed E-state index contributed by atoms with van der Waals surface area (Å²) in [5.41, 5.74) is -0.126. The van der Waals surface area contributed by atoms with Crippen LogP contribution >= 0.6 is 0 Å². The molecule has 0 N–H and O–H groups in total. The molecule has 0 saturated carbocycles. The molecular weight excluding hydrogens is 517 g/mol. The van der Waals surface area contributed by atoms with Gasteiger partial charge >= 0.3 is 6.18 Å². The predicted molar refractivity (Wildman–Crippen MR) is 145 cm³/mol. The number of carbonyl (C=O) groups excluding carboxylic acids is 2. The lowest BCUT2D eigenvalue weighted by Crippen LogP contribution is -2.55. The van der Waals surface area contributed by atoms with E-state index in [1.165, 1.54) is 22.7 Å². The van der Waals surface area contributed by atoms with Crippen LogP contribution in [0.25, 0.3) is 0 Å². The maximum absolute atomic E-state index is 13.9. The summed E-state index contributed by atoms with van der Waals surface area (Å²) in [6.07, 6.45) is 1.67. The van der Waals surface area contributed by atoms with E-state index in [0.717, 1.165) is 24.5 Å². The van der Waals surface area contributed by atoms with Crippen LogP contribution in [-0.2, 0) is 22.8 Å². The number of amides is 2. The second-order valence-corrected chi connectivity index (χ2v) is 10.9. The number of hydrogen-bond acceptors (Lipinski definition) is 4. The van der Waals surface area contributed by atoms with Crippen molar-refractivity contribution in [2.45, 2.75) is 82.8 Å². The number of carbonyl (C=O) groups is 2. The molecule has 0 bridgehead atoms. The summed E-state index contributed by atoms with van der Waals surface area (Å²) in [6, 6.07) is 12.2. The summed E-state index contributed by atoms with van der Waals surface area (Å²) in [6.45, 7) is 5.19. The van der Waals surface area contributed by atoms with Crippen LogP contribution in [0.2, 0.25) is 0 Å². The van der Waals surface area contributed by atoms with E-state index in [1.807, 2.05) is 25.1 Å². The van der Waals surface area contributed by atoms with Gasteiger partial charge < -0.3 is 9.80 Å². The van der Waals surface area contributed by atoms with Crippen molar-refractivity contribution in [1.29, 1.82) is 5.26 Å². The van der Waals surface area contributed by atoms with Gasteiger partial charge in [-0.1, -0.05) is 51.0 Å². The van der Waals surface area contributed by atoms with Gasteiger partial charge in [0.05, 0.1) is 23.0 Å². The molecule has 2 atom stereocenters. The number of rotatable bonds is 7. The van der Waals surface area contributed by atoms with Gasteiger partial charge in [0.25, 0.3) is 5.91 Å². The number of nitrogens with zero attached hydrogens (tertiary/aromatic N) is 4. The van der Waals surface area contributed by atoms with Crippen LogP contribution in [0.4, 0.5) is 13.2 Å². The number of piperidine rings is 2. The Morgan fingerprint density at radius 2 is 1.80 bits per heavy atom. The quantitative estimate of drug-likeness (QED) is 0.411. The number of pyridine rings is 1. The topological polar surface area (TPSA) is 77.3 Å². The van der Waals surface area contributed by atoms with E-state index in [0.29, 0.717) is 51.6 Å². The molecule has 2 unspecified atom stereocenters. The van der Waals surface area contributed by atoms with Crippen LogP contribution < -0.4 is 0 Å². The van der Waals surface area contributed by atoms with Crippen LogP contribution in [0.5, 0.6) is 0 Å². The first kappa shape index (κ1) is 29.6. The molecule has 1 aromatic heterocycles. The van der Waals surface area contributed by atoms with Crippen LogP contribution in [0.1, 0.15) is 86.0 Å². The summed E-state index contributed by atoms with van der Waals surface area (Å²) < 4.78 is 41.0. The maximum Gasteiger partial charge on any atom is 0.418 e. The molecule has 2 saturated heterocycles. The van der Waals surface area contributed by atoms with Crippen LogP contribution in [0, 0.1) is 17.2 Å². The van der Waals surface area contributed by atoms with Crippen molar-refractivity contribution in [3.8, 4) is 6.07 Å². The van der Waals surface area contributed by atoms with E-state index in [2.05, 4.69) is 24.0 Å². The highest BCUT2D eigenvalue weighted by Crippen LogP contribution is 2.39. The molecule has 0 radical (unpaired) electrons. The maximum atomic E-state index is 13.9. The molecule has 1 aromatic carbocycles. The molecule has 2 aromatic rings. The molecule has 4 rings (SSSR count). The summed E-state index contributed by atoms with van der Waals surface area (Å²) in [5, 5.41) is 10.3. The molecule has 3 heterocycles. The third kappa shape index (κ3) is 5.86. The summed E-state index contributed by atoms with van der Waals surface area (Å²) in [4.78, 5) is 34.4. The van der Waals surface area contributed by atoms with Gasteiger partial charge in [0.15, 0.2) is 0 Å². The molecule has 0 spiro atoms. The highest BCUT2D eigenvalue weighted by atomic mass is 19.4. The highest BCUT2D eigenvalue weighted by Gasteiger charge is 2.45. The lowest BCUT2D eigenvalue weighted by Gasteiger charge is -2.44. The fourth-order valence-corrected chi connectivity index (χ4v) is 6.45. The lowest BCUT2D eigenvalue weighted by molar-refractivity contribution is -0.141. The van der Waals surface area contributed by atoms with Crippen LogP contribution in [0.3, 0.4) is 0 Å². The first-order valence-electron chi connectivity index (χ1n) is 14.3. The fraction of sp³-hybridized carbons (Fsp3) is 0.548. The molecule has 2 amide bonds. The Labute approximate surface area is 234 Å². The van der Waals surface area contributed by atoms with Crippen molar-refractivity contribution in [2.24, 2.45) is 5.92 Å². The van der Waals surface area contributed by atoms with Crippen molar-refractivity contribution in [3.63, 3.8) is 0 Å². The Morgan fingerprint density at radius 1 is 1.07 bits per heavy atom. The average molecular weight is 555 g/mol. The Balaban J connectivity index is 1.54. The zero-order chi connectivity index (χ0) is 28.9. The Kier molecular flexibility index (Phi) is 9.17. The van der Waals surface area contributed by atoms with E-state index >= 15 is 0 Å². The summed E-state index contributed by atoms with van der Waals surface area (Å²) in [5.74, 6) is -1.36. The first-order valence-corrected chi connectivity index (χ1v) is 14.3. The summed E-state index contributed by atoms with van der Waals surface area (Å²) in [7, 11) is 0. The van der Waals surface area contributed by atoms with Gasteiger partial charge in [0.2, 0.25) is 5.91 Å². The number of hydrogen-bond donors (Lipinski definition) is 0. The molecule has 2 fully saturated rings. The van der Waals surface area contributed by atoms with Crippen molar-refractivity contribution < 1.29 is 22.8 Å². The van der Waals surface area contributed by atoms with E-state index < -0.39 is 40.7 Å². The number of nitriles is 1. The lowest BCUT2D eigenvalue weighted by atomic mass is 9.71. The monoisotopic (exact) mass is 554 g/mol. The smallest absolute Gasteiger partial charge is 0.342 e. The normalized spacial score (nSPS) is 21.1. The van der Waals surface area contributed by atoms with Gasteiger partial charge in [-0.05, 0) is 61.8 Å². The minimum absolute atomic E-state index is 0.0820. The third-order valence-electron chi connectivity index (χ3n) is 8.45. The number of benzene rings is 1. The molecule has 2 aliphatic heterocycles. The number of halogens is 3. The standard InChI is InChI=1S/C31H37F3N4O2/c1-3-9-22-11-5-6-13-24(22)30(21-35)15-19-37(20-16-30)28(39)23-12-8-18-38(26(23)10-4-2)29(40)27-25(31(32,33)34)14-7-17-36-27/h5-7,11,13-14,17,23,26H,3-4,8-10,12,15-16,18-20H2,1-2H3. The number of alkyl halides is 3. The number of likely N-dealkylation sites (tertiary alicyclic amines) is 2. The molecule has 40 heavy (non-hydrogen) atoms. The van der Waals surface area contributed by atoms with Gasteiger partial charge in [-0.15, -0.1) is 0 Å². The van der Waals surface area contributed by atoms with E-state index in [9.17, 15) is 28.0 Å². The Hall–Kier alpha value is -3.41. The van der Waals surface area contributed by atoms with E-state index in [-0.39, 0.29) is 12.5 Å². The minimum Gasteiger partial charge on any atom is -0.342 e. The summed E-state index contributed by atoms with van der Waals surface area (Å²) >= 11 is 0. The van der Waals surface area contributed by atoms with E-state index in [1.54, 1.807) is 4.90 Å². The molecule has 6 nitrogen and oxygen atoms in total. The van der Waals surface area contributed by atoms with Crippen molar-refractivity contribution in [2.75, 3.05) is 19.6 Å². The molecule has 9 heteroatoms. The Morgan fingerprint density at radius 3 is 2.45 bits per heavy atom.